The number of sulfonamides is 1. The van der Waals surface area contributed by atoms with E-state index < -0.39 is 58.2 Å². The molecule has 2 saturated carbocycles. The number of nitrogens with one attached hydrogen (secondary N) is 2. The quantitative estimate of drug-likeness (QED) is 0.522. The molecule has 5 atom stereocenters. The Morgan fingerprint density at radius 2 is 1.43 bits per heavy atom. The van der Waals surface area contributed by atoms with Crippen molar-refractivity contribution < 1.29 is 36.9 Å². The molecule has 5 aliphatic rings. The van der Waals surface area contributed by atoms with Crippen LogP contribution in [0, 0.1) is 0 Å². The summed E-state index contributed by atoms with van der Waals surface area (Å²) < 4.78 is 57.4. The average Bonchev–Trinajstić information content (AvgIpc) is 3.42. The van der Waals surface area contributed by atoms with Crippen LogP contribution >= 0.6 is 23.2 Å². The average molecular weight is 577 g/mol. The Bertz CT molecular complexity index is 1160. The number of fused-ring (bicyclic) bond motifs is 3. The number of halogens is 2. The molecule has 13 heteroatoms. The minimum atomic E-state index is -4.22. The first-order valence-electron chi connectivity index (χ1n) is 12.8. The molecule has 2 spiro atoms. The van der Waals surface area contributed by atoms with Gasteiger partial charge in [-0.3, -0.25) is 10.2 Å². The van der Waals surface area contributed by atoms with Crippen molar-refractivity contribution in [2.24, 2.45) is 0 Å². The van der Waals surface area contributed by atoms with E-state index in [1.54, 1.807) is 0 Å². The highest BCUT2D eigenvalue weighted by atomic mass is 35.5. The molecule has 1 aromatic carbocycles. The first-order chi connectivity index (χ1) is 17.7. The Morgan fingerprint density at radius 3 is 2.11 bits per heavy atom. The smallest absolute Gasteiger partial charge is 0.267 e. The van der Waals surface area contributed by atoms with Crippen LogP contribution in [-0.2, 0) is 38.5 Å². The summed E-state index contributed by atoms with van der Waals surface area (Å²) in [6, 6.07) is 4.20. The van der Waals surface area contributed by atoms with Crippen LogP contribution in [0.3, 0.4) is 0 Å². The zero-order valence-electron chi connectivity index (χ0n) is 20.1. The zero-order valence-corrected chi connectivity index (χ0v) is 22.4. The molecule has 37 heavy (non-hydrogen) atoms. The van der Waals surface area contributed by atoms with Gasteiger partial charge in [0.05, 0.1) is 10.0 Å². The van der Waals surface area contributed by atoms with E-state index in [1.807, 2.05) is 0 Å². The molecule has 2 aliphatic carbocycles. The summed E-state index contributed by atoms with van der Waals surface area (Å²) >= 11 is 12.0. The van der Waals surface area contributed by atoms with E-state index in [9.17, 15) is 13.2 Å². The fourth-order valence-corrected chi connectivity index (χ4v) is 7.71. The van der Waals surface area contributed by atoms with Crippen LogP contribution in [0.4, 0.5) is 0 Å². The zero-order chi connectivity index (χ0) is 25.8. The predicted molar refractivity (Wildman–Crippen MR) is 131 cm³/mol. The van der Waals surface area contributed by atoms with E-state index in [0.29, 0.717) is 12.8 Å². The van der Waals surface area contributed by atoms with Crippen LogP contribution in [0.25, 0.3) is 0 Å². The molecule has 5 unspecified atom stereocenters. The normalized spacial score (nSPS) is 34.3. The third kappa shape index (κ3) is 4.81. The first-order valence-corrected chi connectivity index (χ1v) is 15.1. The van der Waals surface area contributed by atoms with Crippen molar-refractivity contribution in [3.8, 4) is 0 Å². The molecule has 3 aliphatic heterocycles. The highest BCUT2D eigenvalue weighted by Crippen LogP contribution is 2.50. The van der Waals surface area contributed by atoms with Crippen molar-refractivity contribution in [1.29, 1.82) is 0 Å². The first kappa shape index (κ1) is 26.2. The molecule has 1 amide bonds. The fourth-order valence-electron chi connectivity index (χ4n) is 6.10. The molecule has 6 rings (SSSR count). The molecule has 2 N–H and O–H groups in total. The Morgan fingerprint density at radius 1 is 0.838 bits per heavy atom. The van der Waals surface area contributed by atoms with Gasteiger partial charge in [-0.05, 0) is 37.8 Å². The van der Waals surface area contributed by atoms with E-state index >= 15 is 0 Å². The maximum Gasteiger partial charge on any atom is 0.267 e. The summed E-state index contributed by atoms with van der Waals surface area (Å²) in [5.41, 5.74) is 2.26. The van der Waals surface area contributed by atoms with Gasteiger partial charge in [-0.2, -0.15) is 0 Å². The fraction of sp³-hybridized carbons (Fsp3) is 0.708. The van der Waals surface area contributed by atoms with Gasteiger partial charge in [-0.25, -0.2) is 8.42 Å². The highest BCUT2D eigenvalue weighted by molar-refractivity contribution is 7.89. The summed E-state index contributed by atoms with van der Waals surface area (Å²) in [7, 11) is -4.22. The number of carbonyl (C=O) groups is 1. The molecule has 0 radical (unpaired) electrons. The Balaban J connectivity index is 1.23. The summed E-state index contributed by atoms with van der Waals surface area (Å²) in [5.74, 6) is -2.32. The van der Waals surface area contributed by atoms with Crippen LogP contribution in [-0.4, -0.2) is 56.6 Å². The second-order valence-electron chi connectivity index (χ2n) is 10.4. The van der Waals surface area contributed by atoms with Crippen molar-refractivity contribution in [2.45, 2.75) is 111 Å². The number of hydrogen-bond donors (Lipinski definition) is 2. The standard InChI is InChI=1S/C24H30Cl2N2O8S/c25-14-8-7-9-15(16(14)26)37(30,31)28-27-21(29)19-17-18(34-23(33-17)10-3-1-4-11-23)20-22(32-19)36-24(35-20)12-5-2-6-13-24/h7-9,17-20,22,28H,1-6,10-13H2,(H,27,29). The van der Waals surface area contributed by atoms with Crippen LogP contribution in [0.1, 0.15) is 64.2 Å². The molecule has 3 saturated heterocycles. The lowest BCUT2D eigenvalue weighted by Crippen LogP contribution is -2.61. The van der Waals surface area contributed by atoms with Crippen LogP contribution in [0.5, 0.6) is 0 Å². The van der Waals surface area contributed by atoms with E-state index in [0.717, 1.165) is 51.4 Å². The van der Waals surface area contributed by atoms with Crippen LogP contribution in [0.2, 0.25) is 10.0 Å². The van der Waals surface area contributed by atoms with Gasteiger partial charge in [-0.1, -0.05) is 42.1 Å². The molecule has 10 nitrogen and oxygen atoms in total. The van der Waals surface area contributed by atoms with E-state index in [1.165, 1.54) is 18.2 Å². The molecular formula is C24H30Cl2N2O8S. The maximum atomic E-state index is 13.3. The monoisotopic (exact) mass is 576 g/mol. The minimum absolute atomic E-state index is 0.0738. The Labute approximate surface area is 225 Å². The number of hydrazine groups is 1. The van der Waals surface area contributed by atoms with Crippen molar-refractivity contribution in [1.82, 2.24) is 10.3 Å². The molecule has 5 fully saturated rings. The predicted octanol–water partition coefficient (Wildman–Crippen LogP) is 3.55. The van der Waals surface area contributed by atoms with Gasteiger partial charge in [0.2, 0.25) is 0 Å². The van der Waals surface area contributed by atoms with Crippen molar-refractivity contribution in [3.05, 3.63) is 28.2 Å². The molecule has 3 heterocycles. The molecule has 0 aromatic heterocycles. The van der Waals surface area contributed by atoms with E-state index in [-0.39, 0.29) is 14.9 Å². The molecule has 204 valence electrons. The second-order valence-corrected chi connectivity index (χ2v) is 12.8. The number of rotatable bonds is 4. The van der Waals surface area contributed by atoms with E-state index in [2.05, 4.69) is 10.3 Å². The summed E-state index contributed by atoms with van der Waals surface area (Å²) in [6.45, 7) is 0. The molecule has 1 aromatic rings. The van der Waals surface area contributed by atoms with Gasteiger partial charge in [0.15, 0.2) is 24.0 Å². The Hall–Kier alpha value is -1.02. The Kier molecular flexibility index (Phi) is 6.99. The lowest BCUT2D eigenvalue weighted by Gasteiger charge is -2.36. The van der Waals surface area contributed by atoms with Crippen LogP contribution < -0.4 is 10.3 Å². The van der Waals surface area contributed by atoms with Gasteiger partial charge >= 0.3 is 0 Å². The SMILES string of the molecule is O=C(NNS(=O)(=O)c1cccc(Cl)c1Cl)C1OC2OC3(CCCCC3)OC2C2OC3(CCCCC3)OC12. The van der Waals surface area contributed by atoms with Gasteiger partial charge in [0, 0.05) is 25.7 Å². The van der Waals surface area contributed by atoms with Gasteiger partial charge in [-0.15, -0.1) is 4.83 Å². The highest BCUT2D eigenvalue weighted by Gasteiger charge is 2.65. The summed E-state index contributed by atoms with van der Waals surface area (Å²) in [5, 5.41) is -0.0755. The second kappa shape index (κ2) is 9.87. The lowest BCUT2D eigenvalue weighted by atomic mass is 9.94. The number of carbonyl (C=O) groups excluding carboxylic acids is 1. The minimum Gasteiger partial charge on any atom is -0.341 e. The third-order valence-electron chi connectivity index (χ3n) is 7.88. The number of ether oxygens (including phenoxy) is 5. The number of benzene rings is 1. The largest absolute Gasteiger partial charge is 0.341 e. The summed E-state index contributed by atoms with van der Waals surface area (Å²) in [4.78, 5) is 15.2. The van der Waals surface area contributed by atoms with Crippen LogP contribution in [0.15, 0.2) is 23.1 Å². The third-order valence-corrected chi connectivity index (χ3v) is 10.1. The maximum absolute atomic E-state index is 13.3. The van der Waals surface area contributed by atoms with E-state index in [4.69, 9.17) is 46.9 Å². The number of amides is 1. The van der Waals surface area contributed by atoms with Gasteiger partial charge in [0.25, 0.3) is 15.9 Å². The molecular weight excluding hydrogens is 547 g/mol. The number of hydrogen-bond acceptors (Lipinski definition) is 8. The van der Waals surface area contributed by atoms with Crippen molar-refractivity contribution >= 4 is 39.1 Å². The van der Waals surface area contributed by atoms with Gasteiger partial charge in [0.1, 0.15) is 23.2 Å². The topological polar surface area (TPSA) is 121 Å². The van der Waals surface area contributed by atoms with Crippen molar-refractivity contribution in [2.75, 3.05) is 0 Å². The van der Waals surface area contributed by atoms with Crippen molar-refractivity contribution in [3.63, 3.8) is 0 Å². The summed E-state index contributed by atoms with van der Waals surface area (Å²) in [6.07, 6.45) is 5.00. The van der Waals surface area contributed by atoms with Gasteiger partial charge < -0.3 is 23.7 Å². The lowest BCUT2D eigenvalue weighted by molar-refractivity contribution is -0.247. The molecule has 0 bridgehead atoms.